The maximum absolute atomic E-state index is 13.0. The summed E-state index contributed by atoms with van der Waals surface area (Å²) in [6.45, 7) is 9.23. The lowest BCUT2D eigenvalue weighted by Crippen LogP contribution is -2.48. The Morgan fingerprint density at radius 2 is 1.72 bits per heavy atom. The summed E-state index contributed by atoms with van der Waals surface area (Å²) in [4.78, 5) is 19.6. The molecule has 1 amide bonds. The molecule has 29 heavy (non-hydrogen) atoms. The van der Waals surface area contributed by atoms with E-state index >= 15 is 0 Å². The predicted octanol–water partition coefficient (Wildman–Crippen LogP) is 5.14. The molecule has 2 aliphatic heterocycles. The molecule has 6 heteroatoms. The second kappa shape index (κ2) is 9.29. The van der Waals surface area contributed by atoms with Gasteiger partial charge in [0.1, 0.15) is 0 Å². The minimum atomic E-state index is 0.186. The number of hydrogen-bond donors (Lipinski definition) is 0. The number of hydrogen-bond acceptors (Lipinski definition) is 4. The molecule has 0 aliphatic carbocycles. The first kappa shape index (κ1) is 21.0. The van der Waals surface area contributed by atoms with Crippen molar-refractivity contribution >= 4 is 33.2 Å². The number of nitrogens with zero attached hydrogens (tertiary/aromatic N) is 2. The van der Waals surface area contributed by atoms with Gasteiger partial charge in [0, 0.05) is 42.1 Å². The summed E-state index contributed by atoms with van der Waals surface area (Å²) < 4.78 is 6.91. The van der Waals surface area contributed by atoms with E-state index in [1.165, 1.54) is 0 Å². The topological polar surface area (TPSA) is 32.8 Å². The number of likely N-dealkylation sites (tertiary alicyclic amines) is 1. The van der Waals surface area contributed by atoms with Gasteiger partial charge >= 0.3 is 0 Å². The Labute approximate surface area is 186 Å². The normalized spacial score (nSPS) is 24.0. The van der Waals surface area contributed by atoms with Crippen molar-refractivity contribution in [3.63, 3.8) is 0 Å². The molecular formula is C23H29BrN2O2S. The van der Waals surface area contributed by atoms with Crippen LogP contribution in [0, 0.1) is 5.92 Å². The predicted molar refractivity (Wildman–Crippen MR) is 123 cm³/mol. The van der Waals surface area contributed by atoms with Gasteiger partial charge in [0.25, 0.3) is 5.91 Å². The van der Waals surface area contributed by atoms with Crippen LogP contribution in [0.2, 0.25) is 0 Å². The number of benzene rings is 1. The molecule has 1 aromatic carbocycles. The fraction of sp³-hybridized carbons (Fsp3) is 0.522. The van der Waals surface area contributed by atoms with E-state index in [2.05, 4.69) is 52.9 Å². The maximum Gasteiger partial charge on any atom is 0.263 e. The van der Waals surface area contributed by atoms with Crippen molar-refractivity contribution in [1.82, 2.24) is 9.80 Å². The van der Waals surface area contributed by atoms with Crippen LogP contribution < -0.4 is 0 Å². The molecular weight excluding hydrogens is 448 g/mol. The van der Waals surface area contributed by atoms with Gasteiger partial charge in [-0.25, -0.2) is 0 Å². The molecule has 2 saturated heterocycles. The quantitative estimate of drug-likeness (QED) is 0.612. The van der Waals surface area contributed by atoms with Gasteiger partial charge in [-0.05, 0) is 62.4 Å². The number of halogens is 1. The Morgan fingerprint density at radius 1 is 1.07 bits per heavy atom. The van der Waals surface area contributed by atoms with E-state index in [4.69, 9.17) is 4.74 Å². The molecule has 4 nitrogen and oxygen atoms in total. The van der Waals surface area contributed by atoms with Crippen LogP contribution in [0.3, 0.4) is 0 Å². The lowest BCUT2D eigenvalue weighted by molar-refractivity contribution is -0.0728. The van der Waals surface area contributed by atoms with E-state index in [1.54, 1.807) is 11.3 Å². The molecule has 2 aliphatic rings. The van der Waals surface area contributed by atoms with Crippen molar-refractivity contribution in [1.29, 1.82) is 0 Å². The Bertz CT molecular complexity index is 820. The van der Waals surface area contributed by atoms with Crippen molar-refractivity contribution in [2.45, 2.75) is 38.9 Å². The second-order valence-corrected chi connectivity index (χ2v) is 10.4. The van der Waals surface area contributed by atoms with E-state index in [-0.39, 0.29) is 5.91 Å². The lowest BCUT2D eigenvalue weighted by atomic mass is 9.95. The summed E-state index contributed by atoms with van der Waals surface area (Å²) in [6, 6.07) is 12.3. The minimum absolute atomic E-state index is 0.186. The highest BCUT2D eigenvalue weighted by molar-refractivity contribution is 9.10. The second-order valence-electron chi connectivity index (χ2n) is 8.38. The zero-order valence-electron chi connectivity index (χ0n) is 17.1. The summed E-state index contributed by atoms with van der Waals surface area (Å²) in [5, 5.41) is 0. The van der Waals surface area contributed by atoms with E-state index in [0.29, 0.717) is 18.1 Å². The number of rotatable bonds is 4. The molecule has 156 valence electrons. The van der Waals surface area contributed by atoms with Gasteiger partial charge < -0.3 is 9.64 Å². The van der Waals surface area contributed by atoms with Crippen LogP contribution >= 0.6 is 27.3 Å². The van der Waals surface area contributed by atoms with Gasteiger partial charge in [0.05, 0.1) is 17.1 Å². The van der Waals surface area contributed by atoms with Crippen molar-refractivity contribution in [3.05, 3.63) is 45.7 Å². The van der Waals surface area contributed by atoms with Crippen LogP contribution in [0.15, 0.2) is 40.9 Å². The van der Waals surface area contributed by atoms with Gasteiger partial charge in [-0.15, -0.1) is 11.3 Å². The van der Waals surface area contributed by atoms with Crippen LogP contribution in [0.4, 0.5) is 0 Å². The van der Waals surface area contributed by atoms with Crippen molar-refractivity contribution < 1.29 is 9.53 Å². The van der Waals surface area contributed by atoms with E-state index in [9.17, 15) is 4.79 Å². The molecule has 2 unspecified atom stereocenters. The number of thiophene rings is 1. The number of amides is 1. The first-order chi connectivity index (χ1) is 14.0. The summed E-state index contributed by atoms with van der Waals surface area (Å²) >= 11 is 5.07. The molecule has 0 radical (unpaired) electrons. The average molecular weight is 477 g/mol. The van der Waals surface area contributed by atoms with Gasteiger partial charge in [-0.2, -0.15) is 0 Å². The van der Waals surface area contributed by atoms with Crippen LogP contribution in [-0.4, -0.2) is 60.6 Å². The molecule has 2 atom stereocenters. The first-order valence-corrected chi connectivity index (χ1v) is 12.1. The van der Waals surface area contributed by atoms with Crippen LogP contribution in [0.1, 0.15) is 36.4 Å². The maximum atomic E-state index is 13.0. The Kier molecular flexibility index (Phi) is 6.74. The van der Waals surface area contributed by atoms with E-state index in [1.807, 2.05) is 23.1 Å². The Balaban J connectivity index is 1.31. The zero-order chi connectivity index (χ0) is 20.4. The summed E-state index contributed by atoms with van der Waals surface area (Å²) in [5.41, 5.74) is 1.16. The molecule has 0 bridgehead atoms. The third-order valence-electron chi connectivity index (χ3n) is 5.86. The number of carbonyl (C=O) groups excluding carboxylic acids is 1. The lowest BCUT2D eigenvalue weighted by Gasteiger charge is -2.39. The average Bonchev–Trinajstić information content (AvgIpc) is 3.18. The first-order valence-electron chi connectivity index (χ1n) is 10.5. The summed E-state index contributed by atoms with van der Waals surface area (Å²) in [5.74, 6) is 0.864. The molecule has 2 fully saturated rings. The van der Waals surface area contributed by atoms with Crippen molar-refractivity contribution in [2.75, 3.05) is 32.7 Å². The van der Waals surface area contributed by atoms with Gasteiger partial charge in [0.2, 0.25) is 0 Å². The highest BCUT2D eigenvalue weighted by atomic mass is 79.9. The number of carbonyl (C=O) groups is 1. The SMILES string of the molecule is CC1CN(CC2CCN(C(=O)c3ccc(-c4ccc(Br)cc4)s3)CC2)CC(C)O1. The minimum Gasteiger partial charge on any atom is -0.373 e. The number of piperidine rings is 1. The molecule has 1 aromatic heterocycles. The molecule has 3 heterocycles. The summed E-state index contributed by atoms with van der Waals surface area (Å²) in [7, 11) is 0. The van der Waals surface area contributed by atoms with Crippen molar-refractivity contribution in [2.24, 2.45) is 5.92 Å². The molecule has 0 N–H and O–H groups in total. The smallest absolute Gasteiger partial charge is 0.263 e. The van der Waals surface area contributed by atoms with E-state index in [0.717, 1.165) is 65.4 Å². The highest BCUT2D eigenvalue weighted by Gasteiger charge is 2.28. The Hall–Kier alpha value is -1.21. The van der Waals surface area contributed by atoms with Gasteiger partial charge in [-0.1, -0.05) is 28.1 Å². The van der Waals surface area contributed by atoms with E-state index < -0.39 is 0 Å². The number of ether oxygens (including phenoxy) is 1. The standard InChI is InChI=1S/C23H29BrN2O2S/c1-16-13-25(14-17(2)28-16)15-18-9-11-26(12-10-18)23(27)22-8-7-21(29-22)19-3-5-20(24)6-4-19/h3-8,16-18H,9-15H2,1-2H3. The monoisotopic (exact) mass is 476 g/mol. The molecule has 0 spiro atoms. The number of morpholine rings is 1. The third-order valence-corrected chi connectivity index (χ3v) is 7.51. The highest BCUT2D eigenvalue weighted by Crippen LogP contribution is 2.31. The van der Waals surface area contributed by atoms with Crippen LogP contribution in [0.5, 0.6) is 0 Å². The van der Waals surface area contributed by atoms with Crippen LogP contribution in [-0.2, 0) is 4.74 Å². The van der Waals surface area contributed by atoms with Gasteiger partial charge in [-0.3, -0.25) is 9.69 Å². The summed E-state index contributed by atoms with van der Waals surface area (Å²) in [6.07, 6.45) is 2.83. The fourth-order valence-corrected chi connectivity index (χ4v) is 5.74. The van der Waals surface area contributed by atoms with Crippen LogP contribution in [0.25, 0.3) is 10.4 Å². The van der Waals surface area contributed by atoms with Crippen molar-refractivity contribution in [3.8, 4) is 10.4 Å². The fourth-order valence-electron chi connectivity index (χ4n) is 4.50. The molecule has 4 rings (SSSR count). The molecule has 0 saturated carbocycles. The Morgan fingerprint density at radius 3 is 2.38 bits per heavy atom. The largest absolute Gasteiger partial charge is 0.373 e. The molecule has 2 aromatic rings. The zero-order valence-corrected chi connectivity index (χ0v) is 19.5. The third kappa shape index (κ3) is 5.29. The van der Waals surface area contributed by atoms with Gasteiger partial charge in [0.15, 0.2) is 0 Å².